The topological polar surface area (TPSA) is 61.6 Å². The summed E-state index contributed by atoms with van der Waals surface area (Å²) in [4.78, 5) is 8.40. The number of halogens is 1. The molecule has 1 aromatic heterocycles. The molecule has 3 heterocycles. The number of nitriles is 1. The monoisotopic (exact) mass is 334 g/mol. The van der Waals surface area contributed by atoms with Gasteiger partial charge in [0, 0.05) is 40.1 Å². The predicted octanol–water partition coefficient (Wildman–Crippen LogP) is 1.98. The first-order valence-corrected chi connectivity index (χ1v) is 7.78. The van der Waals surface area contributed by atoms with Gasteiger partial charge in [-0.25, -0.2) is 4.98 Å². The molecular weight excluding hydrogens is 316 g/mol. The Morgan fingerprint density at radius 1 is 1.43 bits per heavy atom. The van der Waals surface area contributed by atoms with Gasteiger partial charge in [0.25, 0.3) is 0 Å². The maximum Gasteiger partial charge on any atom is 0.170 e. The molecule has 0 aliphatic carbocycles. The van der Waals surface area contributed by atoms with Gasteiger partial charge in [0.1, 0.15) is 28.7 Å². The molecular formula is C16H19ClN4O2. The number of hydrogen-bond donors (Lipinski definition) is 0. The maximum absolute atomic E-state index is 9.64. The van der Waals surface area contributed by atoms with Crippen LogP contribution in [0.3, 0.4) is 0 Å². The van der Waals surface area contributed by atoms with Crippen LogP contribution in [0.4, 0.5) is 0 Å². The van der Waals surface area contributed by atoms with Gasteiger partial charge in [0.05, 0.1) is 0 Å². The van der Waals surface area contributed by atoms with Crippen molar-refractivity contribution in [2.24, 2.45) is 0 Å². The molecule has 2 unspecified atom stereocenters. The maximum atomic E-state index is 9.64. The summed E-state index contributed by atoms with van der Waals surface area (Å²) in [6.07, 6.45) is 1.36. The fraction of sp³-hybridized carbons (Fsp3) is 0.500. The second kappa shape index (κ2) is 6.00. The minimum Gasteiger partial charge on any atom is -0.371 e. The highest BCUT2D eigenvalue weighted by Gasteiger charge is 2.54. The van der Waals surface area contributed by atoms with Crippen LogP contribution < -0.4 is 0 Å². The van der Waals surface area contributed by atoms with E-state index in [4.69, 9.17) is 21.1 Å². The van der Waals surface area contributed by atoms with Gasteiger partial charge in [-0.05, 0) is 18.6 Å². The third kappa shape index (κ3) is 2.45. The number of hydrogen-bond acceptors (Lipinski definition) is 6. The van der Waals surface area contributed by atoms with Crippen LogP contribution in [-0.4, -0.2) is 53.9 Å². The Kier molecular flexibility index (Phi) is 4.19. The first kappa shape index (κ1) is 16.1. The molecule has 23 heavy (non-hydrogen) atoms. The Labute approximate surface area is 140 Å². The van der Waals surface area contributed by atoms with Crippen molar-refractivity contribution in [1.82, 2.24) is 14.8 Å². The fourth-order valence-corrected chi connectivity index (χ4v) is 3.53. The van der Waals surface area contributed by atoms with Crippen molar-refractivity contribution in [3.05, 3.63) is 40.4 Å². The average Bonchev–Trinajstić information content (AvgIpc) is 3.07. The molecule has 6 nitrogen and oxygen atoms in total. The summed E-state index contributed by atoms with van der Waals surface area (Å²) in [7, 11) is 3.26. The quantitative estimate of drug-likeness (QED) is 0.785. The van der Waals surface area contributed by atoms with Gasteiger partial charge in [-0.2, -0.15) is 5.26 Å². The molecule has 1 aromatic rings. The van der Waals surface area contributed by atoms with Crippen molar-refractivity contribution < 1.29 is 9.47 Å². The standard InChI is InChI=1S/C16H19ClN4O2/c1-16(23-3)14(22-2)12(8-18)15-20(6-7-21(15)16)10-11-4-5-13(17)19-9-11/h4-5,9,14H,6-7,10H2,1-3H3. The highest BCUT2D eigenvalue weighted by atomic mass is 35.5. The van der Waals surface area contributed by atoms with E-state index >= 15 is 0 Å². The van der Waals surface area contributed by atoms with E-state index in [0.29, 0.717) is 17.3 Å². The van der Waals surface area contributed by atoms with Crippen molar-refractivity contribution in [2.75, 3.05) is 27.3 Å². The molecule has 0 amide bonds. The number of fused-ring (bicyclic) bond motifs is 1. The minimum absolute atomic E-state index is 0.404. The molecule has 0 aromatic carbocycles. The van der Waals surface area contributed by atoms with Gasteiger partial charge in [-0.3, -0.25) is 0 Å². The molecule has 122 valence electrons. The van der Waals surface area contributed by atoms with Crippen LogP contribution in [0.25, 0.3) is 0 Å². The highest BCUT2D eigenvalue weighted by Crippen LogP contribution is 2.43. The Hall–Kier alpha value is -1.81. The molecule has 2 atom stereocenters. The number of pyridine rings is 1. The van der Waals surface area contributed by atoms with Gasteiger partial charge in [0.15, 0.2) is 5.72 Å². The summed E-state index contributed by atoms with van der Waals surface area (Å²) in [6, 6.07) is 6.03. The van der Waals surface area contributed by atoms with E-state index in [0.717, 1.165) is 24.5 Å². The van der Waals surface area contributed by atoms with E-state index in [1.807, 2.05) is 13.0 Å². The van der Waals surface area contributed by atoms with E-state index in [2.05, 4.69) is 20.9 Å². The van der Waals surface area contributed by atoms with Crippen LogP contribution in [0.1, 0.15) is 12.5 Å². The molecule has 2 aliphatic rings. The zero-order chi connectivity index (χ0) is 16.6. The van der Waals surface area contributed by atoms with Crippen molar-refractivity contribution in [3.63, 3.8) is 0 Å². The average molecular weight is 335 g/mol. The Balaban J connectivity index is 1.93. The number of nitrogens with zero attached hydrogens (tertiary/aromatic N) is 4. The fourth-order valence-electron chi connectivity index (χ4n) is 3.41. The zero-order valence-electron chi connectivity index (χ0n) is 13.4. The molecule has 0 spiro atoms. The molecule has 7 heteroatoms. The van der Waals surface area contributed by atoms with E-state index in [1.165, 1.54) is 0 Å². The van der Waals surface area contributed by atoms with Crippen molar-refractivity contribution >= 4 is 11.6 Å². The van der Waals surface area contributed by atoms with Crippen LogP contribution in [0.15, 0.2) is 29.7 Å². The van der Waals surface area contributed by atoms with E-state index < -0.39 is 11.8 Å². The number of rotatable bonds is 4. The van der Waals surface area contributed by atoms with Gasteiger partial charge in [-0.1, -0.05) is 17.7 Å². The van der Waals surface area contributed by atoms with E-state index in [-0.39, 0.29) is 0 Å². The van der Waals surface area contributed by atoms with Gasteiger partial charge in [0.2, 0.25) is 0 Å². The first-order valence-electron chi connectivity index (χ1n) is 7.40. The predicted molar refractivity (Wildman–Crippen MR) is 85.2 cm³/mol. The molecule has 1 saturated heterocycles. The first-order chi connectivity index (χ1) is 11.0. The molecule has 2 aliphatic heterocycles. The Morgan fingerprint density at radius 3 is 2.78 bits per heavy atom. The second-order valence-electron chi connectivity index (χ2n) is 5.79. The van der Waals surface area contributed by atoms with Crippen molar-refractivity contribution in [1.29, 1.82) is 5.26 Å². The summed E-state index contributed by atoms with van der Waals surface area (Å²) in [6.45, 7) is 4.22. The molecule has 1 fully saturated rings. The lowest BCUT2D eigenvalue weighted by Gasteiger charge is -2.37. The summed E-state index contributed by atoms with van der Waals surface area (Å²) < 4.78 is 11.3. The van der Waals surface area contributed by atoms with Crippen LogP contribution >= 0.6 is 11.6 Å². The lowest BCUT2D eigenvalue weighted by molar-refractivity contribution is -0.152. The van der Waals surface area contributed by atoms with Crippen molar-refractivity contribution in [3.8, 4) is 6.07 Å². The van der Waals surface area contributed by atoms with Crippen LogP contribution in [-0.2, 0) is 16.0 Å². The van der Waals surface area contributed by atoms with Crippen molar-refractivity contribution in [2.45, 2.75) is 25.3 Å². The SMILES string of the molecule is COC1C(C#N)=C2N(Cc3ccc(Cl)nc3)CCN2C1(C)OC. The summed E-state index contributed by atoms with van der Waals surface area (Å²) in [5, 5.41) is 10.1. The molecule has 0 saturated carbocycles. The number of aromatic nitrogens is 1. The van der Waals surface area contributed by atoms with E-state index in [9.17, 15) is 5.26 Å². The Morgan fingerprint density at radius 2 is 2.22 bits per heavy atom. The third-order valence-electron chi connectivity index (χ3n) is 4.61. The number of methoxy groups -OCH3 is 2. The molecule has 0 radical (unpaired) electrons. The Bertz CT molecular complexity index is 670. The van der Waals surface area contributed by atoms with Gasteiger partial charge >= 0.3 is 0 Å². The van der Waals surface area contributed by atoms with Crippen LogP contribution in [0.2, 0.25) is 5.15 Å². The molecule has 0 N–H and O–H groups in total. The largest absolute Gasteiger partial charge is 0.371 e. The molecule has 0 bridgehead atoms. The second-order valence-corrected chi connectivity index (χ2v) is 6.17. The normalized spacial score (nSPS) is 26.7. The van der Waals surface area contributed by atoms with Gasteiger partial charge < -0.3 is 19.3 Å². The van der Waals surface area contributed by atoms with E-state index in [1.54, 1.807) is 26.5 Å². The number of ether oxygens (including phenoxy) is 2. The van der Waals surface area contributed by atoms with Crippen LogP contribution in [0.5, 0.6) is 0 Å². The third-order valence-corrected chi connectivity index (χ3v) is 4.83. The smallest absolute Gasteiger partial charge is 0.170 e. The van der Waals surface area contributed by atoms with Gasteiger partial charge in [-0.15, -0.1) is 0 Å². The summed E-state index contributed by atoms with van der Waals surface area (Å²) in [5.74, 6) is 0.888. The summed E-state index contributed by atoms with van der Waals surface area (Å²) >= 11 is 5.84. The molecule has 3 rings (SSSR count). The van der Waals surface area contributed by atoms with Crippen LogP contribution in [0, 0.1) is 11.3 Å². The lowest BCUT2D eigenvalue weighted by Crippen LogP contribution is -2.50. The minimum atomic E-state index is -0.665. The summed E-state index contributed by atoms with van der Waals surface area (Å²) in [5.41, 5.74) is 0.986. The lowest BCUT2D eigenvalue weighted by atomic mass is 10.0. The zero-order valence-corrected chi connectivity index (χ0v) is 14.2. The highest BCUT2D eigenvalue weighted by molar-refractivity contribution is 6.29.